The van der Waals surface area contributed by atoms with E-state index in [-0.39, 0.29) is 17.6 Å². The summed E-state index contributed by atoms with van der Waals surface area (Å²) in [6.07, 6.45) is 4.95. The third-order valence-electron chi connectivity index (χ3n) is 4.14. The highest BCUT2D eigenvalue weighted by Crippen LogP contribution is 2.26. The number of nitrogens with zero attached hydrogens (tertiary/aromatic N) is 2. The van der Waals surface area contributed by atoms with Crippen LogP contribution in [0.5, 0.6) is 0 Å². The maximum absolute atomic E-state index is 12.5. The quantitative estimate of drug-likeness (QED) is 0.869. The number of carbonyl (C=O) groups is 1. The van der Waals surface area contributed by atoms with E-state index in [9.17, 15) is 4.79 Å². The highest BCUT2D eigenvalue weighted by molar-refractivity contribution is 7.09. The van der Waals surface area contributed by atoms with Gasteiger partial charge in [0.25, 0.3) is 0 Å². The first-order chi connectivity index (χ1) is 11.0. The van der Waals surface area contributed by atoms with E-state index in [4.69, 9.17) is 10.1 Å². The summed E-state index contributed by atoms with van der Waals surface area (Å²) in [7, 11) is 0. The Labute approximate surface area is 149 Å². The molecule has 1 amide bonds. The molecule has 24 heavy (non-hydrogen) atoms. The molecular formula is C18H31N3O2S. The number of aromatic nitrogens is 1. The van der Waals surface area contributed by atoms with Gasteiger partial charge in [-0.25, -0.2) is 4.79 Å². The molecule has 1 aliphatic rings. The van der Waals surface area contributed by atoms with Gasteiger partial charge in [-0.15, -0.1) is 11.3 Å². The predicted octanol–water partition coefficient (Wildman–Crippen LogP) is 4.12. The molecule has 1 aromatic rings. The Morgan fingerprint density at radius 3 is 2.50 bits per heavy atom. The average Bonchev–Trinajstić information content (AvgIpc) is 2.79. The van der Waals surface area contributed by atoms with Crippen LogP contribution in [0, 0.1) is 5.41 Å². The number of hydrogen-bond donors (Lipinski definition) is 1. The minimum absolute atomic E-state index is 0.0448. The molecule has 1 aliphatic heterocycles. The van der Waals surface area contributed by atoms with E-state index in [1.54, 1.807) is 0 Å². The molecule has 6 heteroatoms. The topological polar surface area (TPSA) is 58.3 Å². The van der Waals surface area contributed by atoms with Gasteiger partial charge in [-0.1, -0.05) is 20.8 Å². The van der Waals surface area contributed by atoms with Gasteiger partial charge >= 0.3 is 6.09 Å². The van der Waals surface area contributed by atoms with E-state index in [0.717, 1.165) is 25.8 Å². The number of likely N-dealkylation sites (tertiary alicyclic amines) is 1. The Kier molecular flexibility index (Phi) is 5.47. The summed E-state index contributed by atoms with van der Waals surface area (Å²) in [5.74, 6) is 0. The van der Waals surface area contributed by atoms with Crippen LogP contribution in [0.4, 0.5) is 4.79 Å². The highest BCUT2D eigenvalue weighted by atomic mass is 32.1. The number of ether oxygens (including phenoxy) is 1. The van der Waals surface area contributed by atoms with Crippen LogP contribution in [-0.4, -0.2) is 33.7 Å². The number of piperidine rings is 1. The fraction of sp³-hybridized carbons (Fsp3) is 0.778. The van der Waals surface area contributed by atoms with Crippen molar-refractivity contribution in [2.45, 2.75) is 84.4 Å². The second-order valence-electron chi connectivity index (χ2n) is 8.63. The van der Waals surface area contributed by atoms with Crippen molar-refractivity contribution in [3.05, 3.63) is 15.9 Å². The summed E-state index contributed by atoms with van der Waals surface area (Å²) >= 11 is 1.52. The number of hydrogen-bond acceptors (Lipinski definition) is 4. The summed E-state index contributed by atoms with van der Waals surface area (Å²) in [5, 5.41) is 8.25. The SMILES string of the molecule is CC(C)(C)OC(=O)N1CCCC[C@@H]1Cn1cc(C(C)(C)C)sc1=N. The van der Waals surface area contributed by atoms with Gasteiger partial charge in [0.2, 0.25) is 0 Å². The lowest BCUT2D eigenvalue weighted by molar-refractivity contribution is 0.00769. The summed E-state index contributed by atoms with van der Waals surface area (Å²) in [5.41, 5.74) is -0.433. The first-order valence-electron chi connectivity index (χ1n) is 8.72. The van der Waals surface area contributed by atoms with Crippen LogP contribution in [-0.2, 0) is 16.7 Å². The van der Waals surface area contributed by atoms with Crippen molar-refractivity contribution in [1.29, 1.82) is 5.41 Å². The first-order valence-corrected chi connectivity index (χ1v) is 9.54. The lowest BCUT2D eigenvalue weighted by Crippen LogP contribution is -2.48. The molecule has 136 valence electrons. The Balaban J connectivity index is 2.16. The molecular weight excluding hydrogens is 322 g/mol. The number of nitrogens with one attached hydrogen (secondary N) is 1. The van der Waals surface area contributed by atoms with Crippen molar-refractivity contribution < 1.29 is 9.53 Å². The lowest BCUT2D eigenvalue weighted by atomic mass is 9.95. The molecule has 0 aliphatic carbocycles. The fourth-order valence-electron chi connectivity index (χ4n) is 2.85. The summed E-state index contributed by atoms with van der Waals surface area (Å²) in [4.78, 5) is 16.1. The van der Waals surface area contributed by atoms with Gasteiger partial charge in [-0.05, 0) is 45.4 Å². The van der Waals surface area contributed by atoms with Crippen molar-refractivity contribution >= 4 is 17.4 Å². The third-order valence-corrected chi connectivity index (χ3v) is 5.51. The smallest absolute Gasteiger partial charge is 0.410 e. The molecule has 2 rings (SSSR count). The van der Waals surface area contributed by atoms with Crippen LogP contribution in [0.2, 0.25) is 0 Å². The van der Waals surface area contributed by atoms with E-state index in [1.807, 2.05) is 30.2 Å². The number of thiazole rings is 1. The Hall–Kier alpha value is -1.30. The van der Waals surface area contributed by atoms with Gasteiger partial charge in [0.15, 0.2) is 4.80 Å². The molecule has 1 N–H and O–H groups in total. The van der Waals surface area contributed by atoms with Crippen LogP contribution in [0.15, 0.2) is 6.20 Å². The first kappa shape index (κ1) is 19.0. The molecule has 0 bridgehead atoms. The monoisotopic (exact) mass is 353 g/mol. The zero-order valence-corrected chi connectivity index (χ0v) is 16.6. The van der Waals surface area contributed by atoms with Gasteiger partial charge in [0.05, 0.1) is 6.04 Å². The van der Waals surface area contributed by atoms with E-state index in [0.29, 0.717) is 11.3 Å². The zero-order chi connectivity index (χ0) is 18.1. The largest absolute Gasteiger partial charge is 0.444 e. The normalized spacial score (nSPS) is 19.4. The van der Waals surface area contributed by atoms with Crippen LogP contribution in [0.25, 0.3) is 0 Å². The van der Waals surface area contributed by atoms with Crippen LogP contribution in [0.3, 0.4) is 0 Å². The van der Waals surface area contributed by atoms with Crippen molar-refractivity contribution in [2.24, 2.45) is 0 Å². The lowest BCUT2D eigenvalue weighted by Gasteiger charge is -2.36. The van der Waals surface area contributed by atoms with E-state index in [1.165, 1.54) is 16.2 Å². The second-order valence-corrected chi connectivity index (χ2v) is 9.66. The average molecular weight is 354 g/mol. The van der Waals surface area contributed by atoms with Crippen LogP contribution in [0.1, 0.15) is 65.7 Å². The minimum atomic E-state index is -0.478. The third kappa shape index (κ3) is 4.85. The molecule has 0 aromatic carbocycles. The molecule has 0 saturated carbocycles. The van der Waals surface area contributed by atoms with Crippen molar-refractivity contribution in [2.75, 3.05) is 6.54 Å². The highest BCUT2D eigenvalue weighted by Gasteiger charge is 2.31. The van der Waals surface area contributed by atoms with E-state index >= 15 is 0 Å². The number of amides is 1. The zero-order valence-electron chi connectivity index (χ0n) is 15.8. The molecule has 2 heterocycles. The second kappa shape index (κ2) is 6.90. The molecule has 1 saturated heterocycles. The number of carbonyl (C=O) groups excluding carboxylic acids is 1. The summed E-state index contributed by atoms with van der Waals surface area (Å²) < 4.78 is 7.55. The van der Waals surface area contributed by atoms with Crippen molar-refractivity contribution in [1.82, 2.24) is 9.47 Å². The Morgan fingerprint density at radius 2 is 1.96 bits per heavy atom. The van der Waals surface area contributed by atoms with E-state index < -0.39 is 5.60 Å². The maximum Gasteiger partial charge on any atom is 0.410 e. The fourth-order valence-corrected chi connectivity index (χ4v) is 3.79. The van der Waals surface area contributed by atoms with Gasteiger partial charge in [0.1, 0.15) is 5.60 Å². The van der Waals surface area contributed by atoms with E-state index in [2.05, 4.69) is 27.0 Å². The standard InChI is InChI=1S/C18H31N3O2S/c1-17(2,3)14-12-20(15(19)24-14)11-13-9-7-8-10-21(13)16(22)23-18(4,5)6/h12-13,19H,7-11H2,1-6H3/t13-/m1/s1. The summed E-state index contributed by atoms with van der Waals surface area (Å²) in [6.45, 7) is 13.6. The minimum Gasteiger partial charge on any atom is -0.444 e. The van der Waals surface area contributed by atoms with Gasteiger partial charge in [0, 0.05) is 24.2 Å². The molecule has 1 atom stereocenters. The van der Waals surface area contributed by atoms with Crippen LogP contribution >= 0.6 is 11.3 Å². The molecule has 1 fully saturated rings. The maximum atomic E-state index is 12.5. The van der Waals surface area contributed by atoms with Gasteiger partial charge < -0.3 is 14.2 Å². The molecule has 5 nitrogen and oxygen atoms in total. The molecule has 0 spiro atoms. The number of rotatable bonds is 2. The molecule has 0 radical (unpaired) electrons. The Morgan fingerprint density at radius 1 is 1.29 bits per heavy atom. The Bertz CT molecular complexity index is 634. The summed E-state index contributed by atoms with van der Waals surface area (Å²) in [6, 6.07) is 0.102. The molecule has 1 aromatic heterocycles. The predicted molar refractivity (Wildman–Crippen MR) is 97.4 cm³/mol. The van der Waals surface area contributed by atoms with Crippen LogP contribution < -0.4 is 4.80 Å². The molecule has 0 unspecified atom stereocenters. The van der Waals surface area contributed by atoms with Crippen molar-refractivity contribution in [3.63, 3.8) is 0 Å². The van der Waals surface area contributed by atoms with Gasteiger partial charge in [-0.3, -0.25) is 5.41 Å². The van der Waals surface area contributed by atoms with Crippen molar-refractivity contribution in [3.8, 4) is 0 Å². The van der Waals surface area contributed by atoms with Gasteiger partial charge in [-0.2, -0.15) is 0 Å².